The van der Waals surface area contributed by atoms with Gasteiger partial charge in [-0.2, -0.15) is 0 Å². The van der Waals surface area contributed by atoms with Crippen molar-refractivity contribution in [2.24, 2.45) is 5.73 Å². The van der Waals surface area contributed by atoms with Crippen LogP contribution in [0.1, 0.15) is 24.3 Å². The molecule has 0 aliphatic rings. The summed E-state index contributed by atoms with van der Waals surface area (Å²) in [7, 11) is 0. The van der Waals surface area contributed by atoms with Crippen molar-refractivity contribution in [2.45, 2.75) is 19.4 Å². The average Bonchev–Trinajstić information content (AvgIpc) is 2.59. The zero-order valence-corrected chi connectivity index (χ0v) is 8.97. The van der Waals surface area contributed by atoms with Gasteiger partial charge in [-0.25, -0.2) is 0 Å². The summed E-state index contributed by atoms with van der Waals surface area (Å²) in [6, 6.07) is 8.29. The van der Waals surface area contributed by atoms with Gasteiger partial charge in [0.25, 0.3) is 0 Å². The number of fused-ring (bicyclic) bond motifs is 1. The first-order valence-electron chi connectivity index (χ1n) is 4.75. The van der Waals surface area contributed by atoms with Gasteiger partial charge in [0, 0.05) is 21.3 Å². The Morgan fingerprint density at radius 3 is 2.86 bits per heavy atom. The van der Waals surface area contributed by atoms with Crippen molar-refractivity contribution in [3.63, 3.8) is 0 Å². The Labute approximate surface area is 87.5 Å². The molecule has 2 nitrogen and oxygen atoms in total. The minimum atomic E-state index is 0.161. The molecule has 0 aliphatic carbocycles. The summed E-state index contributed by atoms with van der Waals surface area (Å²) in [6.07, 6.45) is 0.975. The van der Waals surface area contributed by atoms with Crippen LogP contribution in [-0.4, -0.2) is 0 Å². The van der Waals surface area contributed by atoms with Crippen LogP contribution in [0.3, 0.4) is 0 Å². The van der Waals surface area contributed by atoms with Crippen molar-refractivity contribution >= 4 is 27.1 Å². The van der Waals surface area contributed by atoms with Crippen molar-refractivity contribution in [3.05, 3.63) is 29.1 Å². The van der Waals surface area contributed by atoms with E-state index < -0.39 is 0 Å². The number of anilines is 1. The number of thiophene rings is 1. The molecule has 0 saturated heterocycles. The molecular formula is C11H14N2S. The SMILES string of the molecule is CCC(N)c1cc2cc(N)ccc2s1. The van der Waals surface area contributed by atoms with E-state index in [0.717, 1.165) is 12.1 Å². The molecule has 4 N–H and O–H groups in total. The Morgan fingerprint density at radius 1 is 1.36 bits per heavy atom. The number of rotatable bonds is 2. The van der Waals surface area contributed by atoms with E-state index in [2.05, 4.69) is 19.1 Å². The van der Waals surface area contributed by atoms with E-state index >= 15 is 0 Å². The molecule has 0 bridgehead atoms. The maximum absolute atomic E-state index is 5.98. The topological polar surface area (TPSA) is 52.0 Å². The molecule has 0 amide bonds. The summed E-state index contributed by atoms with van der Waals surface area (Å²) in [5, 5.41) is 1.20. The highest BCUT2D eigenvalue weighted by Gasteiger charge is 2.07. The highest BCUT2D eigenvalue weighted by molar-refractivity contribution is 7.19. The van der Waals surface area contributed by atoms with E-state index in [-0.39, 0.29) is 6.04 Å². The standard InChI is InChI=1S/C11H14N2S/c1-2-9(13)11-6-7-5-8(12)3-4-10(7)14-11/h3-6,9H,2,12-13H2,1H3. The van der Waals surface area contributed by atoms with Crippen LogP contribution in [0.25, 0.3) is 10.1 Å². The van der Waals surface area contributed by atoms with Crippen LogP contribution in [-0.2, 0) is 0 Å². The molecule has 2 aromatic rings. The van der Waals surface area contributed by atoms with Gasteiger partial charge in [0.05, 0.1) is 0 Å². The van der Waals surface area contributed by atoms with Gasteiger partial charge < -0.3 is 11.5 Å². The molecule has 3 heteroatoms. The molecule has 1 heterocycles. The second-order valence-corrected chi connectivity index (χ2v) is 4.58. The zero-order valence-electron chi connectivity index (χ0n) is 8.16. The minimum absolute atomic E-state index is 0.161. The lowest BCUT2D eigenvalue weighted by Gasteiger charge is -2.02. The third-order valence-electron chi connectivity index (χ3n) is 2.36. The Bertz CT molecular complexity index is 447. The smallest absolute Gasteiger partial charge is 0.0387 e. The first-order chi connectivity index (χ1) is 6.70. The van der Waals surface area contributed by atoms with Crippen LogP contribution in [0.2, 0.25) is 0 Å². The van der Waals surface area contributed by atoms with Gasteiger partial charge in [-0.3, -0.25) is 0 Å². The van der Waals surface area contributed by atoms with Gasteiger partial charge in [-0.1, -0.05) is 6.92 Å². The van der Waals surface area contributed by atoms with E-state index in [4.69, 9.17) is 11.5 Å². The van der Waals surface area contributed by atoms with Crippen molar-refractivity contribution in [1.82, 2.24) is 0 Å². The quantitative estimate of drug-likeness (QED) is 0.742. The molecule has 1 aromatic heterocycles. The van der Waals surface area contributed by atoms with Gasteiger partial charge in [-0.05, 0) is 36.1 Å². The number of hydrogen-bond donors (Lipinski definition) is 2. The van der Waals surface area contributed by atoms with E-state index in [1.807, 2.05) is 12.1 Å². The van der Waals surface area contributed by atoms with Gasteiger partial charge >= 0.3 is 0 Å². The second-order valence-electron chi connectivity index (χ2n) is 3.46. The predicted molar refractivity (Wildman–Crippen MR) is 63.5 cm³/mol. The van der Waals surface area contributed by atoms with Crippen molar-refractivity contribution in [1.29, 1.82) is 0 Å². The van der Waals surface area contributed by atoms with Gasteiger partial charge in [0.2, 0.25) is 0 Å². The fourth-order valence-corrected chi connectivity index (χ4v) is 2.60. The normalized spacial score (nSPS) is 13.3. The van der Waals surface area contributed by atoms with E-state index in [1.54, 1.807) is 11.3 Å². The predicted octanol–water partition coefficient (Wildman–Crippen LogP) is 2.89. The van der Waals surface area contributed by atoms with Crippen LogP contribution in [0.5, 0.6) is 0 Å². The lowest BCUT2D eigenvalue weighted by molar-refractivity contribution is 0.712. The summed E-state index contributed by atoms with van der Waals surface area (Å²) in [4.78, 5) is 1.24. The number of hydrogen-bond acceptors (Lipinski definition) is 3. The fraction of sp³-hybridized carbons (Fsp3) is 0.273. The van der Waals surface area contributed by atoms with Crippen molar-refractivity contribution in [3.8, 4) is 0 Å². The second kappa shape index (κ2) is 3.59. The molecular weight excluding hydrogens is 192 g/mol. The average molecular weight is 206 g/mol. The minimum Gasteiger partial charge on any atom is -0.399 e. The van der Waals surface area contributed by atoms with Crippen LogP contribution >= 0.6 is 11.3 Å². The monoisotopic (exact) mass is 206 g/mol. The molecule has 0 fully saturated rings. The van der Waals surface area contributed by atoms with Crippen molar-refractivity contribution in [2.75, 3.05) is 5.73 Å². The Morgan fingerprint density at radius 2 is 2.14 bits per heavy atom. The molecule has 0 aliphatic heterocycles. The van der Waals surface area contributed by atoms with Gasteiger partial charge in [-0.15, -0.1) is 11.3 Å². The summed E-state index contributed by atoms with van der Waals surface area (Å²) in [5.74, 6) is 0. The molecule has 74 valence electrons. The zero-order chi connectivity index (χ0) is 10.1. The Balaban J connectivity index is 2.51. The Kier molecular flexibility index (Phi) is 2.44. The van der Waals surface area contributed by atoms with E-state index in [1.165, 1.54) is 15.0 Å². The number of benzene rings is 1. The lowest BCUT2D eigenvalue weighted by atomic mass is 10.1. The van der Waals surface area contributed by atoms with Gasteiger partial charge in [0.1, 0.15) is 0 Å². The first-order valence-corrected chi connectivity index (χ1v) is 5.57. The summed E-state index contributed by atoms with van der Waals surface area (Å²) >= 11 is 1.76. The van der Waals surface area contributed by atoms with E-state index in [0.29, 0.717) is 0 Å². The first kappa shape index (κ1) is 9.49. The number of nitrogen functional groups attached to an aromatic ring is 1. The van der Waals surface area contributed by atoms with Crippen LogP contribution in [0.4, 0.5) is 5.69 Å². The fourth-order valence-electron chi connectivity index (χ4n) is 1.47. The third kappa shape index (κ3) is 1.61. The largest absolute Gasteiger partial charge is 0.399 e. The summed E-state index contributed by atoms with van der Waals surface area (Å²) < 4.78 is 1.26. The van der Waals surface area contributed by atoms with E-state index in [9.17, 15) is 0 Å². The molecule has 1 atom stereocenters. The molecule has 0 saturated carbocycles. The van der Waals surface area contributed by atoms with Crippen molar-refractivity contribution < 1.29 is 0 Å². The molecule has 14 heavy (non-hydrogen) atoms. The maximum atomic E-state index is 5.98. The van der Waals surface area contributed by atoms with Crippen LogP contribution in [0.15, 0.2) is 24.3 Å². The molecule has 1 aromatic carbocycles. The van der Waals surface area contributed by atoms with Gasteiger partial charge in [0.15, 0.2) is 0 Å². The lowest BCUT2D eigenvalue weighted by Crippen LogP contribution is -2.05. The molecule has 0 spiro atoms. The van der Waals surface area contributed by atoms with Crippen LogP contribution < -0.4 is 11.5 Å². The maximum Gasteiger partial charge on any atom is 0.0387 e. The third-order valence-corrected chi connectivity index (χ3v) is 3.61. The highest BCUT2D eigenvalue weighted by atomic mass is 32.1. The van der Waals surface area contributed by atoms with Crippen LogP contribution in [0, 0.1) is 0 Å². The molecule has 0 radical (unpaired) electrons. The summed E-state index contributed by atoms with van der Waals surface area (Å²) in [5.41, 5.74) is 12.5. The summed E-state index contributed by atoms with van der Waals surface area (Å²) in [6.45, 7) is 2.10. The molecule has 1 unspecified atom stereocenters. The molecule has 2 rings (SSSR count). The number of nitrogens with two attached hydrogens (primary N) is 2. The Hall–Kier alpha value is -1.06. The highest BCUT2D eigenvalue weighted by Crippen LogP contribution is 2.31.